The van der Waals surface area contributed by atoms with E-state index in [-0.39, 0.29) is 18.6 Å². The molecule has 104 valence electrons. The summed E-state index contributed by atoms with van der Waals surface area (Å²) in [6.45, 7) is 5.13. The molecule has 19 heavy (non-hydrogen) atoms. The summed E-state index contributed by atoms with van der Waals surface area (Å²) >= 11 is 0. The van der Waals surface area contributed by atoms with E-state index in [1.807, 2.05) is 38.1 Å². The molecule has 1 unspecified atom stereocenters. The number of morpholine rings is 1. The molecule has 0 saturated carbocycles. The number of rotatable bonds is 4. The smallest absolute Gasteiger partial charge is 0.257 e. The fraction of sp³-hybridized carbons (Fsp3) is 0.500. The zero-order chi connectivity index (χ0) is 13.8. The molecule has 2 rings (SSSR count). The number of ether oxygens (including phenoxy) is 2. The van der Waals surface area contributed by atoms with Crippen molar-refractivity contribution in [3.63, 3.8) is 0 Å². The van der Waals surface area contributed by atoms with E-state index >= 15 is 0 Å². The number of amides is 1. The van der Waals surface area contributed by atoms with Crippen molar-refractivity contribution in [2.24, 2.45) is 5.73 Å². The third-order valence-electron chi connectivity index (χ3n) is 2.91. The lowest BCUT2D eigenvalue weighted by Crippen LogP contribution is -2.50. The molecule has 1 aliphatic rings. The SMILES string of the molecule is CC(C)Oc1ccccc1N1CCOC(CN)C1=O. The number of para-hydroxylation sites is 2. The van der Waals surface area contributed by atoms with Crippen LogP contribution in [0.15, 0.2) is 24.3 Å². The number of anilines is 1. The highest BCUT2D eigenvalue weighted by Crippen LogP contribution is 2.30. The molecule has 1 heterocycles. The summed E-state index contributed by atoms with van der Waals surface area (Å²) in [6, 6.07) is 7.54. The van der Waals surface area contributed by atoms with Gasteiger partial charge in [0.2, 0.25) is 0 Å². The van der Waals surface area contributed by atoms with Gasteiger partial charge < -0.3 is 20.1 Å². The standard InChI is InChI=1S/C14H20N2O3/c1-10(2)19-12-6-4-3-5-11(12)16-7-8-18-13(9-15)14(16)17/h3-6,10,13H,7-9,15H2,1-2H3. The van der Waals surface area contributed by atoms with Crippen molar-refractivity contribution in [2.45, 2.75) is 26.1 Å². The largest absolute Gasteiger partial charge is 0.489 e. The lowest BCUT2D eigenvalue weighted by atomic mass is 10.2. The van der Waals surface area contributed by atoms with Crippen LogP contribution in [-0.4, -0.2) is 37.8 Å². The molecular formula is C14H20N2O3. The zero-order valence-corrected chi connectivity index (χ0v) is 11.3. The fourth-order valence-electron chi connectivity index (χ4n) is 2.08. The molecule has 1 fully saturated rings. The number of nitrogens with two attached hydrogens (primary N) is 1. The summed E-state index contributed by atoms with van der Waals surface area (Å²) < 4.78 is 11.1. The average Bonchev–Trinajstić information content (AvgIpc) is 2.39. The second kappa shape index (κ2) is 6.04. The minimum atomic E-state index is -0.555. The molecule has 0 aromatic heterocycles. The molecule has 0 aliphatic carbocycles. The van der Waals surface area contributed by atoms with Gasteiger partial charge in [-0.2, -0.15) is 0 Å². The van der Waals surface area contributed by atoms with E-state index in [2.05, 4.69) is 0 Å². The van der Waals surface area contributed by atoms with E-state index in [4.69, 9.17) is 15.2 Å². The molecule has 1 atom stereocenters. The first kappa shape index (κ1) is 13.8. The van der Waals surface area contributed by atoms with E-state index in [1.54, 1.807) is 4.90 Å². The first-order chi connectivity index (χ1) is 9.13. The minimum Gasteiger partial charge on any atom is -0.489 e. The van der Waals surface area contributed by atoms with Gasteiger partial charge in [-0.15, -0.1) is 0 Å². The van der Waals surface area contributed by atoms with Crippen LogP contribution in [0, 0.1) is 0 Å². The minimum absolute atomic E-state index is 0.0580. The molecule has 0 bridgehead atoms. The highest BCUT2D eigenvalue weighted by atomic mass is 16.5. The number of benzene rings is 1. The molecule has 1 amide bonds. The summed E-state index contributed by atoms with van der Waals surface area (Å²) in [5, 5.41) is 0. The normalized spacial score (nSPS) is 19.9. The van der Waals surface area contributed by atoms with Crippen LogP contribution in [0.5, 0.6) is 5.75 Å². The van der Waals surface area contributed by atoms with Crippen LogP contribution >= 0.6 is 0 Å². The van der Waals surface area contributed by atoms with E-state index in [0.717, 1.165) is 5.69 Å². The highest BCUT2D eigenvalue weighted by molar-refractivity contribution is 5.98. The lowest BCUT2D eigenvalue weighted by Gasteiger charge is -2.33. The maximum absolute atomic E-state index is 12.3. The monoisotopic (exact) mass is 264 g/mol. The number of hydrogen-bond acceptors (Lipinski definition) is 4. The predicted molar refractivity (Wildman–Crippen MR) is 73.4 cm³/mol. The van der Waals surface area contributed by atoms with Gasteiger partial charge in [0.15, 0.2) is 0 Å². The Morgan fingerprint density at radius 3 is 2.89 bits per heavy atom. The topological polar surface area (TPSA) is 64.8 Å². The summed E-state index contributed by atoms with van der Waals surface area (Å²) in [6.07, 6.45) is -0.497. The Morgan fingerprint density at radius 2 is 2.21 bits per heavy atom. The van der Waals surface area contributed by atoms with Crippen LogP contribution in [0.4, 0.5) is 5.69 Å². The first-order valence-electron chi connectivity index (χ1n) is 6.52. The molecule has 0 radical (unpaired) electrons. The van der Waals surface area contributed by atoms with Gasteiger partial charge in [0, 0.05) is 13.1 Å². The van der Waals surface area contributed by atoms with Crippen molar-refractivity contribution in [1.29, 1.82) is 0 Å². The molecule has 1 aromatic carbocycles. The van der Waals surface area contributed by atoms with E-state index in [0.29, 0.717) is 18.9 Å². The van der Waals surface area contributed by atoms with Gasteiger partial charge in [-0.1, -0.05) is 12.1 Å². The Balaban J connectivity index is 2.27. The lowest BCUT2D eigenvalue weighted by molar-refractivity contribution is -0.133. The van der Waals surface area contributed by atoms with Crippen molar-refractivity contribution in [1.82, 2.24) is 0 Å². The Labute approximate surface area is 113 Å². The molecule has 1 saturated heterocycles. The fourth-order valence-corrected chi connectivity index (χ4v) is 2.08. The van der Waals surface area contributed by atoms with Crippen molar-refractivity contribution in [3.05, 3.63) is 24.3 Å². The summed E-state index contributed by atoms with van der Waals surface area (Å²) in [4.78, 5) is 14.0. The third-order valence-corrected chi connectivity index (χ3v) is 2.91. The maximum Gasteiger partial charge on any atom is 0.257 e. The molecule has 5 nitrogen and oxygen atoms in total. The Morgan fingerprint density at radius 1 is 1.47 bits per heavy atom. The highest BCUT2D eigenvalue weighted by Gasteiger charge is 2.30. The molecule has 5 heteroatoms. The van der Waals surface area contributed by atoms with E-state index in [1.165, 1.54) is 0 Å². The van der Waals surface area contributed by atoms with Gasteiger partial charge >= 0.3 is 0 Å². The van der Waals surface area contributed by atoms with Crippen molar-refractivity contribution in [2.75, 3.05) is 24.6 Å². The van der Waals surface area contributed by atoms with Crippen LogP contribution in [0.1, 0.15) is 13.8 Å². The summed E-state index contributed by atoms with van der Waals surface area (Å²) in [7, 11) is 0. The van der Waals surface area contributed by atoms with E-state index < -0.39 is 6.10 Å². The first-order valence-corrected chi connectivity index (χ1v) is 6.52. The van der Waals surface area contributed by atoms with Crippen molar-refractivity contribution < 1.29 is 14.3 Å². The third kappa shape index (κ3) is 3.05. The van der Waals surface area contributed by atoms with Crippen molar-refractivity contribution in [3.8, 4) is 5.75 Å². The van der Waals surface area contributed by atoms with Crippen LogP contribution in [-0.2, 0) is 9.53 Å². The second-order valence-electron chi connectivity index (χ2n) is 4.72. The molecule has 2 N–H and O–H groups in total. The quantitative estimate of drug-likeness (QED) is 0.886. The van der Waals surface area contributed by atoms with Crippen LogP contribution in [0.3, 0.4) is 0 Å². The number of carbonyl (C=O) groups excluding carboxylic acids is 1. The van der Waals surface area contributed by atoms with Gasteiger partial charge in [-0.05, 0) is 26.0 Å². The Hall–Kier alpha value is -1.59. The Bertz CT molecular complexity index is 448. The van der Waals surface area contributed by atoms with Crippen LogP contribution < -0.4 is 15.4 Å². The van der Waals surface area contributed by atoms with Gasteiger partial charge in [0.1, 0.15) is 11.9 Å². The van der Waals surface area contributed by atoms with Gasteiger partial charge in [0.05, 0.1) is 18.4 Å². The van der Waals surface area contributed by atoms with Gasteiger partial charge in [-0.3, -0.25) is 4.79 Å². The Kier molecular flexibility index (Phi) is 4.39. The molecule has 1 aliphatic heterocycles. The molecule has 1 aromatic rings. The molecular weight excluding hydrogens is 244 g/mol. The molecule has 0 spiro atoms. The number of hydrogen-bond donors (Lipinski definition) is 1. The predicted octanol–water partition coefficient (Wildman–Crippen LogP) is 1.16. The van der Waals surface area contributed by atoms with Gasteiger partial charge in [-0.25, -0.2) is 0 Å². The summed E-state index contributed by atoms with van der Waals surface area (Å²) in [5.41, 5.74) is 6.33. The zero-order valence-electron chi connectivity index (χ0n) is 11.3. The number of nitrogens with zero attached hydrogens (tertiary/aromatic N) is 1. The van der Waals surface area contributed by atoms with Gasteiger partial charge in [0.25, 0.3) is 5.91 Å². The number of carbonyl (C=O) groups is 1. The summed E-state index contributed by atoms with van der Waals surface area (Å²) in [5.74, 6) is 0.608. The van der Waals surface area contributed by atoms with Crippen LogP contribution in [0.25, 0.3) is 0 Å². The maximum atomic E-state index is 12.3. The van der Waals surface area contributed by atoms with Crippen LogP contribution in [0.2, 0.25) is 0 Å². The second-order valence-corrected chi connectivity index (χ2v) is 4.72. The van der Waals surface area contributed by atoms with Crippen molar-refractivity contribution >= 4 is 11.6 Å². The van der Waals surface area contributed by atoms with E-state index in [9.17, 15) is 4.79 Å². The average molecular weight is 264 g/mol.